The Kier molecular flexibility index (Phi) is 3.92. The molecule has 21 heavy (non-hydrogen) atoms. The molecule has 0 fully saturated rings. The summed E-state index contributed by atoms with van der Waals surface area (Å²) in [6.45, 7) is 0.605. The third kappa shape index (κ3) is 3.26. The molecule has 3 aromatic rings. The number of fused-ring (bicyclic) bond motifs is 1. The van der Waals surface area contributed by atoms with Crippen LogP contribution in [0.5, 0.6) is 0 Å². The van der Waals surface area contributed by atoms with Gasteiger partial charge in [0, 0.05) is 23.9 Å². The summed E-state index contributed by atoms with van der Waals surface area (Å²) >= 11 is 0. The number of rotatable bonds is 5. The van der Waals surface area contributed by atoms with E-state index in [0.717, 1.165) is 22.2 Å². The second kappa shape index (κ2) is 6.18. The average Bonchev–Trinajstić information content (AvgIpc) is 2.55. The number of pyridine rings is 1. The zero-order valence-electron chi connectivity index (χ0n) is 11.6. The summed E-state index contributed by atoms with van der Waals surface area (Å²) in [7, 11) is 0. The van der Waals surface area contributed by atoms with Crippen molar-refractivity contribution in [3.8, 4) is 0 Å². The van der Waals surface area contributed by atoms with Crippen LogP contribution < -0.4 is 5.32 Å². The van der Waals surface area contributed by atoms with Crippen molar-refractivity contribution in [3.63, 3.8) is 0 Å². The Hall–Kier alpha value is -2.68. The zero-order valence-corrected chi connectivity index (χ0v) is 11.6. The van der Waals surface area contributed by atoms with Gasteiger partial charge in [-0.1, -0.05) is 48.5 Å². The molecule has 0 amide bonds. The van der Waals surface area contributed by atoms with Gasteiger partial charge in [0.25, 0.3) is 0 Å². The summed E-state index contributed by atoms with van der Waals surface area (Å²) in [5.41, 5.74) is 2.67. The number of hydrogen-bond acceptors (Lipinski definition) is 3. The van der Waals surface area contributed by atoms with Gasteiger partial charge in [0.05, 0.1) is 17.4 Å². The Bertz CT molecular complexity index is 753. The first-order valence-corrected chi connectivity index (χ1v) is 7.00. The summed E-state index contributed by atoms with van der Waals surface area (Å²) in [6, 6.07) is 19.4. The summed E-state index contributed by atoms with van der Waals surface area (Å²) < 4.78 is 0. The van der Waals surface area contributed by atoms with Gasteiger partial charge in [0.2, 0.25) is 0 Å². The monoisotopic (exact) mass is 276 g/mol. The highest BCUT2D eigenvalue weighted by Crippen LogP contribution is 2.16. The lowest BCUT2D eigenvalue weighted by Crippen LogP contribution is -2.08. The third-order valence-corrected chi connectivity index (χ3v) is 3.37. The molecule has 0 bridgehead atoms. The normalized spacial score (nSPS) is 10.5. The number of benzene rings is 2. The van der Waals surface area contributed by atoms with Crippen molar-refractivity contribution >= 4 is 22.4 Å². The minimum atomic E-state index is 0.150. The SMILES string of the molecule is O=C(CCNc1cnc2ccccc2c1)c1ccccc1. The fourth-order valence-electron chi connectivity index (χ4n) is 2.26. The van der Waals surface area contributed by atoms with Gasteiger partial charge in [0.1, 0.15) is 0 Å². The van der Waals surface area contributed by atoms with Crippen LogP contribution in [-0.2, 0) is 0 Å². The standard InChI is InChI=1S/C18H16N2O/c21-18(14-6-2-1-3-7-14)10-11-19-16-12-15-8-4-5-9-17(15)20-13-16/h1-9,12-13,19H,10-11H2. The minimum absolute atomic E-state index is 0.150. The highest BCUT2D eigenvalue weighted by molar-refractivity contribution is 5.96. The fourth-order valence-corrected chi connectivity index (χ4v) is 2.26. The van der Waals surface area contributed by atoms with Gasteiger partial charge in [-0.05, 0) is 12.1 Å². The number of nitrogens with zero attached hydrogens (tertiary/aromatic N) is 1. The molecule has 3 heteroatoms. The molecule has 0 aliphatic heterocycles. The minimum Gasteiger partial charge on any atom is -0.383 e. The van der Waals surface area contributed by atoms with Crippen molar-refractivity contribution in [1.29, 1.82) is 0 Å². The van der Waals surface area contributed by atoms with Crippen LogP contribution >= 0.6 is 0 Å². The van der Waals surface area contributed by atoms with Gasteiger partial charge in [-0.25, -0.2) is 0 Å². The predicted octanol–water partition coefficient (Wildman–Crippen LogP) is 3.92. The van der Waals surface area contributed by atoms with Crippen molar-refractivity contribution in [2.24, 2.45) is 0 Å². The molecule has 0 saturated carbocycles. The first kappa shape index (κ1) is 13.3. The molecule has 3 rings (SSSR count). The number of carbonyl (C=O) groups is 1. The Labute approximate surface area is 123 Å². The zero-order chi connectivity index (χ0) is 14.5. The topological polar surface area (TPSA) is 42.0 Å². The van der Waals surface area contributed by atoms with Crippen LogP contribution in [0.2, 0.25) is 0 Å². The van der Waals surface area contributed by atoms with Crippen molar-refractivity contribution in [1.82, 2.24) is 4.98 Å². The van der Waals surface area contributed by atoms with Gasteiger partial charge in [-0.2, -0.15) is 0 Å². The van der Waals surface area contributed by atoms with E-state index in [4.69, 9.17) is 0 Å². The Morgan fingerprint density at radius 2 is 1.76 bits per heavy atom. The molecule has 1 heterocycles. The van der Waals surface area contributed by atoms with E-state index in [9.17, 15) is 4.79 Å². The number of aromatic nitrogens is 1. The summed E-state index contributed by atoms with van der Waals surface area (Å²) in [4.78, 5) is 16.4. The lowest BCUT2D eigenvalue weighted by Gasteiger charge is -2.07. The van der Waals surface area contributed by atoms with E-state index in [2.05, 4.69) is 16.4 Å². The van der Waals surface area contributed by atoms with Gasteiger partial charge in [0.15, 0.2) is 5.78 Å². The third-order valence-electron chi connectivity index (χ3n) is 3.37. The van der Waals surface area contributed by atoms with Crippen molar-refractivity contribution in [3.05, 3.63) is 72.4 Å². The van der Waals surface area contributed by atoms with Crippen LogP contribution in [0, 0.1) is 0 Å². The Morgan fingerprint density at radius 3 is 2.62 bits per heavy atom. The maximum absolute atomic E-state index is 12.0. The molecule has 0 unspecified atom stereocenters. The molecule has 0 atom stereocenters. The molecule has 0 saturated heterocycles. The van der Waals surface area contributed by atoms with E-state index in [1.165, 1.54) is 0 Å². The molecule has 0 aliphatic rings. The smallest absolute Gasteiger partial charge is 0.164 e. The average molecular weight is 276 g/mol. The summed E-state index contributed by atoms with van der Waals surface area (Å²) in [6.07, 6.45) is 2.27. The van der Waals surface area contributed by atoms with Crippen LogP contribution in [0.3, 0.4) is 0 Å². The number of nitrogens with one attached hydrogen (secondary N) is 1. The van der Waals surface area contributed by atoms with Crippen LogP contribution in [0.1, 0.15) is 16.8 Å². The van der Waals surface area contributed by atoms with E-state index in [0.29, 0.717) is 13.0 Å². The van der Waals surface area contributed by atoms with E-state index < -0.39 is 0 Å². The molecule has 1 aromatic heterocycles. The maximum Gasteiger partial charge on any atom is 0.164 e. The highest BCUT2D eigenvalue weighted by atomic mass is 16.1. The number of hydrogen-bond donors (Lipinski definition) is 1. The van der Waals surface area contributed by atoms with Crippen LogP contribution in [0.25, 0.3) is 10.9 Å². The van der Waals surface area contributed by atoms with Gasteiger partial charge < -0.3 is 5.32 Å². The molecule has 1 N–H and O–H groups in total. The summed E-state index contributed by atoms with van der Waals surface area (Å²) in [5, 5.41) is 4.35. The first-order chi connectivity index (χ1) is 10.3. The van der Waals surface area contributed by atoms with E-state index >= 15 is 0 Å². The van der Waals surface area contributed by atoms with Gasteiger partial charge in [-0.3, -0.25) is 9.78 Å². The first-order valence-electron chi connectivity index (χ1n) is 7.00. The van der Waals surface area contributed by atoms with E-state index in [1.807, 2.05) is 54.6 Å². The van der Waals surface area contributed by atoms with Crippen LogP contribution in [-0.4, -0.2) is 17.3 Å². The molecular weight excluding hydrogens is 260 g/mol. The number of carbonyl (C=O) groups excluding carboxylic acids is 1. The molecule has 104 valence electrons. The second-order valence-electron chi connectivity index (χ2n) is 4.88. The van der Waals surface area contributed by atoms with Gasteiger partial charge >= 0.3 is 0 Å². The molecular formula is C18H16N2O. The van der Waals surface area contributed by atoms with Crippen molar-refractivity contribution < 1.29 is 4.79 Å². The number of anilines is 1. The van der Waals surface area contributed by atoms with Crippen LogP contribution in [0.15, 0.2) is 66.9 Å². The molecule has 0 aliphatic carbocycles. The van der Waals surface area contributed by atoms with Gasteiger partial charge in [-0.15, -0.1) is 0 Å². The Balaban J connectivity index is 1.60. The largest absolute Gasteiger partial charge is 0.383 e. The van der Waals surface area contributed by atoms with Crippen LogP contribution in [0.4, 0.5) is 5.69 Å². The van der Waals surface area contributed by atoms with E-state index in [-0.39, 0.29) is 5.78 Å². The lowest BCUT2D eigenvalue weighted by atomic mass is 10.1. The quantitative estimate of drug-likeness (QED) is 0.718. The highest BCUT2D eigenvalue weighted by Gasteiger charge is 2.04. The fraction of sp³-hybridized carbons (Fsp3) is 0.111. The molecule has 3 nitrogen and oxygen atoms in total. The number of ketones is 1. The molecule has 2 aromatic carbocycles. The van der Waals surface area contributed by atoms with Crippen molar-refractivity contribution in [2.45, 2.75) is 6.42 Å². The molecule has 0 radical (unpaired) electrons. The predicted molar refractivity (Wildman–Crippen MR) is 85.6 cm³/mol. The summed E-state index contributed by atoms with van der Waals surface area (Å²) in [5.74, 6) is 0.150. The number of para-hydroxylation sites is 1. The Morgan fingerprint density at radius 1 is 1.00 bits per heavy atom. The lowest BCUT2D eigenvalue weighted by molar-refractivity contribution is 0.0986. The maximum atomic E-state index is 12.0. The molecule has 0 spiro atoms. The van der Waals surface area contributed by atoms with E-state index in [1.54, 1.807) is 6.20 Å². The van der Waals surface area contributed by atoms with Crippen molar-refractivity contribution in [2.75, 3.05) is 11.9 Å². The number of Topliss-reactive ketones (excluding diaryl/α,β-unsaturated/α-hetero) is 1. The second-order valence-corrected chi connectivity index (χ2v) is 4.88.